The monoisotopic (exact) mass is 576 g/mol. The zero-order valence-corrected chi connectivity index (χ0v) is 22.9. The van der Waals surface area contributed by atoms with Gasteiger partial charge in [-0.1, -0.05) is 60.7 Å². The fourth-order valence-electron chi connectivity index (χ4n) is 4.81. The molecule has 2 saturated heterocycles. The van der Waals surface area contributed by atoms with Crippen LogP contribution in [0.1, 0.15) is 24.0 Å². The number of likely N-dealkylation sites (tertiary alicyclic amines) is 1. The summed E-state index contributed by atoms with van der Waals surface area (Å²) in [6.45, 7) is 11.0. The quantitative estimate of drug-likeness (QED) is 0.287. The lowest BCUT2D eigenvalue weighted by Crippen LogP contribution is -2.51. The molecule has 6 nitrogen and oxygen atoms in total. The Balaban J connectivity index is 0.00000324. The van der Waals surface area contributed by atoms with E-state index in [2.05, 4.69) is 91.0 Å². The highest BCUT2D eigenvalue weighted by molar-refractivity contribution is 14.0. The van der Waals surface area contributed by atoms with E-state index in [1.807, 2.05) is 7.05 Å². The van der Waals surface area contributed by atoms with Gasteiger partial charge in [-0.2, -0.15) is 0 Å². The number of piperidine rings is 1. The van der Waals surface area contributed by atoms with Crippen molar-refractivity contribution in [3.8, 4) is 0 Å². The average molecular weight is 577 g/mol. The number of rotatable bonds is 8. The van der Waals surface area contributed by atoms with Crippen molar-refractivity contribution in [2.75, 3.05) is 59.4 Å². The number of hydrogen-bond donors (Lipinski definition) is 2. The smallest absolute Gasteiger partial charge is 0.191 e. The number of hydrogen-bond acceptors (Lipinski definition) is 4. The summed E-state index contributed by atoms with van der Waals surface area (Å²) in [6, 6.07) is 22.1. The molecule has 2 aromatic rings. The van der Waals surface area contributed by atoms with Crippen LogP contribution in [-0.4, -0.2) is 86.1 Å². The van der Waals surface area contributed by atoms with Crippen LogP contribution in [0.3, 0.4) is 0 Å². The Kier molecular flexibility index (Phi) is 11.6. The molecule has 0 aromatic heterocycles. The molecule has 2 fully saturated rings. The van der Waals surface area contributed by atoms with Crippen LogP contribution in [0, 0.1) is 0 Å². The molecule has 0 unspecified atom stereocenters. The lowest BCUT2D eigenvalue weighted by molar-refractivity contribution is 0.129. The van der Waals surface area contributed by atoms with Gasteiger partial charge in [0, 0.05) is 78.5 Å². The third-order valence-corrected chi connectivity index (χ3v) is 6.84. The Morgan fingerprint density at radius 2 is 1.26 bits per heavy atom. The van der Waals surface area contributed by atoms with Crippen molar-refractivity contribution in [1.82, 2.24) is 25.3 Å². The second-order valence-electron chi connectivity index (χ2n) is 9.28. The van der Waals surface area contributed by atoms with Crippen molar-refractivity contribution in [3.05, 3.63) is 71.8 Å². The molecule has 7 heteroatoms. The lowest BCUT2D eigenvalue weighted by atomic mass is 10.0. The number of benzene rings is 2. The summed E-state index contributed by atoms with van der Waals surface area (Å²) >= 11 is 0. The zero-order chi connectivity index (χ0) is 22.7. The van der Waals surface area contributed by atoms with E-state index in [4.69, 9.17) is 0 Å². The van der Waals surface area contributed by atoms with Gasteiger partial charge in [0.1, 0.15) is 0 Å². The normalized spacial score (nSPS) is 18.9. The number of aliphatic imine (C=N–C) groups is 1. The van der Waals surface area contributed by atoms with E-state index >= 15 is 0 Å². The van der Waals surface area contributed by atoms with E-state index in [1.54, 1.807) is 0 Å². The van der Waals surface area contributed by atoms with Crippen molar-refractivity contribution in [3.63, 3.8) is 0 Å². The molecule has 2 aliphatic heterocycles. The first kappa shape index (κ1) is 26.9. The Hall–Kier alpha value is -1.68. The van der Waals surface area contributed by atoms with Gasteiger partial charge >= 0.3 is 0 Å². The Morgan fingerprint density at radius 3 is 1.79 bits per heavy atom. The molecule has 34 heavy (non-hydrogen) atoms. The van der Waals surface area contributed by atoms with Gasteiger partial charge in [0.15, 0.2) is 5.96 Å². The second-order valence-corrected chi connectivity index (χ2v) is 9.28. The van der Waals surface area contributed by atoms with E-state index in [0.29, 0.717) is 6.04 Å². The molecule has 2 aliphatic rings. The second kappa shape index (κ2) is 14.7. The molecular weight excluding hydrogens is 535 g/mol. The van der Waals surface area contributed by atoms with Crippen LogP contribution in [0.4, 0.5) is 0 Å². The topological polar surface area (TPSA) is 46.1 Å². The third kappa shape index (κ3) is 8.83. The maximum atomic E-state index is 4.46. The van der Waals surface area contributed by atoms with E-state index in [-0.39, 0.29) is 24.0 Å². The van der Waals surface area contributed by atoms with Crippen LogP contribution < -0.4 is 10.6 Å². The van der Waals surface area contributed by atoms with Crippen LogP contribution in [0.25, 0.3) is 0 Å². The van der Waals surface area contributed by atoms with Crippen molar-refractivity contribution >= 4 is 29.9 Å². The summed E-state index contributed by atoms with van der Waals surface area (Å²) in [7, 11) is 1.88. The largest absolute Gasteiger partial charge is 0.355 e. The molecule has 2 aromatic carbocycles. The Bertz CT molecular complexity index is 831. The zero-order valence-electron chi connectivity index (χ0n) is 20.5. The van der Waals surface area contributed by atoms with Gasteiger partial charge in [-0.15, -0.1) is 24.0 Å². The van der Waals surface area contributed by atoms with Crippen LogP contribution in [-0.2, 0) is 13.1 Å². The third-order valence-electron chi connectivity index (χ3n) is 6.84. The summed E-state index contributed by atoms with van der Waals surface area (Å²) < 4.78 is 0. The molecule has 0 bridgehead atoms. The first-order valence-corrected chi connectivity index (χ1v) is 12.5. The minimum absolute atomic E-state index is 0. The van der Waals surface area contributed by atoms with Gasteiger partial charge in [0.05, 0.1) is 0 Å². The number of nitrogens with zero attached hydrogens (tertiary/aromatic N) is 4. The van der Waals surface area contributed by atoms with E-state index < -0.39 is 0 Å². The van der Waals surface area contributed by atoms with E-state index in [0.717, 1.165) is 84.2 Å². The maximum Gasteiger partial charge on any atom is 0.191 e. The summed E-state index contributed by atoms with van der Waals surface area (Å²) in [5.74, 6) is 0.944. The molecule has 0 atom stereocenters. The van der Waals surface area contributed by atoms with Crippen LogP contribution in [0.2, 0.25) is 0 Å². The molecule has 186 valence electrons. The van der Waals surface area contributed by atoms with E-state index in [9.17, 15) is 0 Å². The fraction of sp³-hybridized carbons (Fsp3) is 0.519. The molecule has 2 heterocycles. The van der Waals surface area contributed by atoms with Gasteiger partial charge in [0.25, 0.3) is 0 Å². The minimum atomic E-state index is 0. The van der Waals surface area contributed by atoms with Gasteiger partial charge in [0.2, 0.25) is 0 Å². The molecule has 0 saturated carbocycles. The standard InChI is InChI=1S/C27H40N6.HI/c1-28-27(30-26-12-15-32(16-13-26)22-24-8-4-2-5-9-24)29-14-17-31-18-20-33(21-19-31)23-25-10-6-3-7-11-25;/h2-11,26H,12-23H2,1H3,(H2,28,29,30);1H. The first-order valence-electron chi connectivity index (χ1n) is 12.5. The van der Waals surface area contributed by atoms with Crippen molar-refractivity contribution in [2.45, 2.75) is 32.0 Å². The average Bonchev–Trinajstić information content (AvgIpc) is 2.87. The summed E-state index contributed by atoms with van der Waals surface area (Å²) in [4.78, 5) is 12.1. The van der Waals surface area contributed by atoms with Crippen molar-refractivity contribution in [1.29, 1.82) is 0 Å². The van der Waals surface area contributed by atoms with Gasteiger partial charge in [-0.25, -0.2) is 0 Å². The highest BCUT2D eigenvalue weighted by Crippen LogP contribution is 2.14. The fourth-order valence-corrected chi connectivity index (χ4v) is 4.81. The minimum Gasteiger partial charge on any atom is -0.355 e. The van der Waals surface area contributed by atoms with Crippen LogP contribution >= 0.6 is 24.0 Å². The lowest BCUT2D eigenvalue weighted by Gasteiger charge is -2.35. The molecule has 2 N–H and O–H groups in total. The Labute approximate surface area is 222 Å². The van der Waals surface area contributed by atoms with Gasteiger partial charge in [-0.3, -0.25) is 19.7 Å². The summed E-state index contributed by atoms with van der Waals surface area (Å²) in [6.07, 6.45) is 2.33. The maximum absolute atomic E-state index is 4.46. The summed E-state index contributed by atoms with van der Waals surface area (Å²) in [5, 5.41) is 7.18. The molecule has 0 spiro atoms. The number of piperazine rings is 1. The molecular formula is C27H41IN6. The Morgan fingerprint density at radius 1 is 0.765 bits per heavy atom. The molecule has 0 radical (unpaired) electrons. The van der Waals surface area contributed by atoms with Gasteiger partial charge < -0.3 is 10.6 Å². The van der Waals surface area contributed by atoms with Gasteiger partial charge in [-0.05, 0) is 24.0 Å². The number of nitrogens with one attached hydrogen (secondary N) is 2. The number of guanidine groups is 1. The van der Waals surface area contributed by atoms with Crippen LogP contribution in [0.5, 0.6) is 0 Å². The van der Waals surface area contributed by atoms with Crippen LogP contribution in [0.15, 0.2) is 65.7 Å². The predicted molar refractivity (Wildman–Crippen MR) is 153 cm³/mol. The first-order chi connectivity index (χ1) is 16.3. The predicted octanol–water partition coefficient (Wildman–Crippen LogP) is 3.25. The highest BCUT2D eigenvalue weighted by atomic mass is 127. The molecule has 0 amide bonds. The molecule has 0 aliphatic carbocycles. The van der Waals surface area contributed by atoms with E-state index in [1.165, 1.54) is 11.1 Å². The van der Waals surface area contributed by atoms with Crippen molar-refractivity contribution in [2.24, 2.45) is 4.99 Å². The SMILES string of the molecule is CN=C(NCCN1CCN(Cc2ccccc2)CC1)NC1CCN(Cc2ccccc2)CC1.I. The van der Waals surface area contributed by atoms with Crippen molar-refractivity contribution < 1.29 is 0 Å². The highest BCUT2D eigenvalue weighted by Gasteiger charge is 2.20. The number of halogens is 1. The molecule has 4 rings (SSSR count). The summed E-state index contributed by atoms with van der Waals surface area (Å²) in [5.41, 5.74) is 2.82.